The average molecular weight is 178 g/mol. The van der Waals surface area contributed by atoms with E-state index in [2.05, 4.69) is 17.1 Å². The second-order valence-electron chi connectivity index (χ2n) is 3.09. The van der Waals surface area contributed by atoms with Crippen molar-refractivity contribution in [2.45, 2.75) is 18.8 Å². The second-order valence-corrected chi connectivity index (χ2v) is 3.09. The molecule has 0 radical (unpaired) electrons. The van der Waals surface area contributed by atoms with E-state index in [4.69, 9.17) is 4.52 Å². The normalized spacial score (nSPS) is 15.4. The monoisotopic (exact) mass is 178 g/mol. The molecule has 1 aromatic rings. The number of hydrogen-bond acceptors (Lipinski definition) is 3. The second kappa shape index (κ2) is 3.05. The highest BCUT2D eigenvalue weighted by molar-refractivity contribution is 5.98. The van der Waals surface area contributed by atoms with Gasteiger partial charge in [0.25, 0.3) is 0 Å². The topological polar surface area (TPSA) is 55.1 Å². The first-order valence-corrected chi connectivity index (χ1v) is 4.19. The molecule has 4 nitrogen and oxygen atoms in total. The van der Waals surface area contributed by atoms with Gasteiger partial charge in [-0.05, 0) is 24.8 Å². The Morgan fingerprint density at radius 3 is 3.15 bits per heavy atom. The summed E-state index contributed by atoms with van der Waals surface area (Å²) in [6.07, 6.45) is 5.11. The van der Waals surface area contributed by atoms with Gasteiger partial charge in [-0.2, -0.15) is 0 Å². The Morgan fingerprint density at radius 2 is 2.54 bits per heavy atom. The molecule has 1 fully saturated rings. The van der Waals surface area contributed by atoms with Crippen LogP contribution in [0, 0.1) is 0 Å². The lowest BCUT2D eigenvalue weighted by molar-refractivity contribution is -0.111. The molecule has 4 heteroatoms. The SMILES string of the molecule is C=CC(=O)Nc1nocc1C1CC1. The van der Waals surface area contributed by atoms with Gasteiger partial charge in [-0.1, -0.05) is 11.7 Å². The maximum absolute atomic E-state index is 11.0. The first kappa shape index (κ1) is 8.04. The van der Waals surface area contributed by atoms with Gasteiger partial charge in [-0.25, -0.2) is 0 Å². The van der Waals surface area contributed by atoms with Gasteiger partial charge < -0.3 is 9.84 Å². The number of amides is 1. The molecule has 13 heavy (non-hydrogen) atoms. The number of nitrogens with zero attached hydrogens (tertiary/aromatic N) is 1. The van der Waals surface area contributed by atoms with Gasteiger partial charge in [0.15, 0.2) is 5.82 Å². The Morgan fingerprint density at radius 1 is 1.77 bits per heavy atom. The highest BCUT2D eigenvalue weighted by atomic mass is 16.5. The molecule has 2 rings (SSSR count). The van der Waals surface area contributed by atoms with E-state index in [1.807, 2.05) is 0 Å². The highest BCUT2D eigenvalue weighted by Crippen LogP contribution is 2.42. The predicted octanol–water partition coefficient (Wildman–Crippen LogP) is 1.68. The van der Waals surface area contributed by atoms with E-state index >= 15 is 0 Å². The van der Waals surface area contributed by atoms with Crippen molar-refractivity contribution in [2.75, 3.05) is 5.32 Å². The number of nitrogens with one attached hydrogen (secondary N) is 1. The Balaban J connectivity index is 2.14. The molecule has 0 unspecified atom stereocenters. The molecule has 1 aliphatic rings. The molecule has 68 valence electrons. The minimum Gasteiger partial charge on any atom is -0.362 e. The average Bonchev–Trinajstić information content (AvgIpc) is 2.88. The van der Waals surface area contributed by atoms with Gasteiger partial charge in [-0.3, -0.25) is 4.79 Å². The molecule has 0 aliphatic heterocycles. The first-order valence-electron chi connectivity index (χ1n) is 4.19. The van der Waals surface area contributed by atoms with Gasteiger partial charge in [0.1, 0.15) is 6.26 Å². The third kappa shape index (κ3) is 1.61. The lowest BCUT2D eigenvalue weighted by Gasteiger charge is -1.97. The summed E-state index contributed by atoms with van der Waals surface area (Å²) < 4.78 is 4.79. The molecule has 0 atom stereocenters. The van der Waals surface area contributed by atoms with Crippen LogP contribution in [0.2, 0.25) is 0 Å². The summed E-state index contributed by atoms with van der Waals surface area (Å²) in [6, 6.07) is 0. The number of aromatic nitrogens is 1. The van der Waals surface area contributed by atoms with E-state index in [1.165, 1.54) is 6.08 Å². The molecule has 1 saturated carbocycles. The fourth-order valence-corrected chi connectivity index (χ4v) is 1.19. The zero-order valence-corrected chi connectivity index (χ0v) is 7.12. The summed E-state index contributed by atoms with van der Waals surface area (Å²) >= 11 is 0. The van der Waals surface area contributed by atoms with E-state index < -0.39 is 0 Å². The Hall–Kier alpha value is -1.58. The largest absolute Gasteiger partial charge is 0.362 e. The summed E-state index contributed by atoms with van der Waals surface area (Å²) in [4.78, 5) is 11.0. The van der Waals surface area contributed by atoms with E-state index in [0.29, 0.717) is 11.7 Å². The van der Waals surface area contributed by atoms with Crippen molar-refractivity contribution in [3.63, 3.8) is 0 Å². The van der Waals surface area contributed by atoms with Gasteiger partial charge in [-0.15, -0.1) is 0 Å². The lowest BCUT2D eigenvalue weighted by atomic mass is 10.2. The maximum Gasteiger partial charge on any atom is 0.249 e. The van der Waals surface area contributed by atoms with Crippen LogP contribution in [0.4, 0.5) is 5.82 Å². The summed E-state index contributed by atoms with van der Waals surface area (Å²) in [5.41, 5.74) is 0.996. The van der Waals surface area contributed by atoms with Gasteiger partial charge in [0, 0.05) is 5.56 Å². The molecule has 1 amide bonds. The smallest absolute Gasteiger partial charge is 0.249 e. The molecule has 1 heterocycles. The molecule has 0 aromatic carbocycles. The van der Waals surface area contributed by atoms with Crippen LogP contribution in [-0.2, 0) is 4.79 Å². The van der Waals surface area contributed by atoms with Crippen LogP contribution in [-0.4, -0.2) is 11.1 Å². The van der Waals surface area contributed by atoms with Crippen molar-refractivity contribution < 1.29 is 9.32 Å². The number of carbonyl (C=O) groups excluding carboxylic acids is 1. The van der Waals surface area contributed by atoms with E-state index in [0.717, 1.165) is 18.4 Å². The predicted molar refractivity (Wildman–Crippen MR) is 47.3 cm³/mol. The van der Waals surface area contributed by atoms with Gasteiger partial charge >= 0.3 is 0 Å². The van der Waals surface area contributed by atoms with Crippen LogP contribution < -0.4 is 5.32 Å². The number of rotatable bonds is 3. The zero-order chi connectivity index (χ0) is 9.26. The third-order valence-electron chi connectivity index (χ3n) is 2.04. The van der Waals surface area contributed by atoms with Crippen molar-refractivity contribution in [1.82, 2.24) is 5.16 Å². The van der Waals surface area contributed by atoms with Crippen molar-refractivity contribution in [3.8, 4) is 0 Å². The van der Waals surface area contributed by atoms with Crippen LogP contribution in [0.25, 0.3) is 0 Å². The summed E-state index contributed by atoms with van der Waals surface area (Å²) in [7, 11) is 0. The lowest BCUT2D eigenvalue weighted by Crippen LogP contribution is -2.08. The summed E-state index contributed by atoms with van der Waals surface area (Å²) in [5, 5.41) is 6.31. The molecule has 0 spiro atoms. The Kier molecular flexibility index (Phi) is 1.88. The molecular formula is C9H10N2O2. The van der Waals surface area contributed by atoms with Crippen molar-refractivity contribution in [2.24, 2.45) is 0 Å². The van der Waals surface area contributed by atoms with Crippen LogP contribution in [0.3, 0.4) is 0 Å². The van der Waals surface area contributed by atoms with Crippen molar-refractivity contribution in [1.29, 1.82) is 0 Å². The number of carbonyl (C=O) groups is 1. The molecule has 1 aromatic heterocycles. The fraction of sp³-hybridized carbons (Fsp3) is 0.333. The number of anilines is 1. The summed E-state index contributed by atoms with van der Waals surface area (Å²) in [5.74, 6) is 0.801. The van der Waals surface area contributed by atoms with Gasteiger partial charge in [0.2, 0.25) is 5.91 Å². The van der Waals surface area contributed by atoms with Crippen LogP contribution >= 0.6 is 0 Å². The summed E-state index contributed by atoms with van der Waals surface area (Å²) in [6.45, 7) is 3.36. The quantitative estimate of drug-likeness (QED) is 0.716. The maximum atomic E-state index is 11.0. The van der Waals surface area contributed by atoms with Crippen LogP contribution in [0.15, 0.2) is 23.4 Å². The van der Waals surface area contributed by atoms with E-state index in [1.54, 1.807) is 6.26 Å². The first-order chi connectivity index (χ1) is 6.31. The molecule has 0 bridgehead atoms. The van der Waals surface area contributed by atoms with Gasteiger partial charge in [0.05, 0.1) is 0 Å². The molecule has 0 saturated heterocycles. The van der Waals surface area contributed by atoms with Crippen molar-refractivity contribution >= 4 is 11.7 Å². The van der Waals surface area contributed by atoms with Crippen LogP contribution in [0.5, 0.6) is 0 Å². The Bertz CT molecular complexity index is 339. The minimum absolute atomic E-state index is 0.254. The van der Waals surface area contributed by atoms with Crippen LogP contribution in [0.1, 0.15) is 24.3 Å². The fourth-order valence-electron chi connectivity index (χ4n) is 1.19. The third-order valence-corrected chi connectivity index (χ3v) is 2.04. The highest BCUT2D eigenvalue weighted by Gasteiger charge is 2.28. The van der Waals surface area contributed by atoms with E-state index in [-0.39, 0.29) is 5.91 Å². The molecule has 1 aliphatic carbocycles. The molecular weight excluding hydrogens is 168 g/mol. The number of hydrogen-bond donors (Lipinski definition) is 1. The minimum atomic E-state index is -0.254. The zero-order valence-electron chi connectivity index (χ0n) is 7.12. The van der Waals surface area contributed by atoms with E-state index in [9.17, 15) is 4.79 Å². The standard InChI is InChI=1S/C9H10N2O2/c1-2-8(12)10-9-7(5-13-11-9)6-3-4-6/h2,5-6H,1,3-4H2,(H,10,11,12). The Labute approximate surface area is 75.6 Å². The van der Waals surface area contributed by atoms with Crippen molar-refractivity contribution in [3.05, 3.63) is 24.5 Å². The molecule has 1 N–H and O–H groups in total.